The Morgan fingerprint density at radius 2 is 1.71 bits per heavy atom. The van der Waals surface area contributed by atoms with Crippen molar-refractivity contribution < 1.29 is 14.3 Å². The standard InChI is InChI=1S/C22H31ClN2O3/c23-18-7-9-20(10-8-18)28-16-22(27)25-14-12-19(13-15-25)24-21(26)11-6-17-4-2-1-3-5-17/h7-10,17,19H,1-6,11-16H2,(H,24,26). The highest BCUT2D eigenvalue weighted by Crippen LogP contribution is 2.27. The smallest absolute Gasteiger partial charge is 0.260 e. The third-order valence-corrected chi connectivity index (χ3v) is 6.15. The fourth-order valence-electron chi connectivity index (χ4n) is 4.15. The van der Waals surface area contributed by atoms with Crippen molar-refractivity contribution >= 4 is 23.4 Å². The van der Waals surface area contributed by atoms with E-state index < -0.39 is 0 Å². The highest BCUT2D eigenvalue weighted by Gasteiger charge is 2.24. The number of ether oxygens (including phenoxy) is 1. The lowest BCUT2D eigenvalue weighted by Gasteiger charge is -2.32. The van der Waals surface area contributed by atoms with Gasteiger partial charge in [-0.1, -0.05) is 43.7 Å². The Balaban J connectivity index is 1.31. The molecule has 1 aliphatic heterocycles. The zero-order chi connectivity index (χ0) is 19.8. The highest BCUT2D eigenvalue weighted by atomic mass is 35.5. The molecule has 3 rings (SSSR count). The van der Waals surface area contributed by atoms with Gasteiger partial charge in [-0.2, -0.15) is 0 Å². The zero-order valence-electron chi connectivity index (χ0n) is 16.5. The first-order valence-electron chi connectivity index (χ1n) is 10.6. The van der Waals surface area contributed by atoms with Crippen molar-refractivity contribution in [2.24, 2.45) is 5.92 Å². The first-order valence-corrected chi connectivity index (χ1v) is 10.9. The monoisotopic (exact) mass is 406 g/mol. The van der Waals surface area contributed by atoms with Gasteiger partial charge in [-0.15, -0.1) is 0 Å². The van der Waals surface area contributed by atoms with Gasteiger partial charge in [-0.05, 0) is 49.4 Å². The average molecular weight is 407 g/mol. The molecule has 0 unspecified atom stereocenters. The van der Waals surface area contributed by atoms with Crippen LogP contribution in [0.1, 0.15) is 57.8 Å². The molecule has 1 aromatic rings. The third-order valence-electron chi connectivity index (χ3n) is 5.89. The molecule has 1 saturated heterocycles. The van der Waals surface area contributed by atoms with E-state index in [1.54, 1.807) is 24.3 Å². The first-order chi connectivity index (χ1) is 13.6. The van der Waals surface area contributed by atoms with E-state index >= 15 is 0 Å². The number of piperidine rings is 1. The summed E-state index contributed by atoms with van der Waals surface area (Å²) in [5, 5.41) is 3.80. The molecule has 0 aromatic heterocycles. The number of hydrogen-bond donors (Lipinski definition) is 1. The van der Waals surface area contributed by atoms with Gasteiger partial charge >= 0.3 is 0 Å². The molecule has 1 aliphatic carbocycles. The molecule has 1 heterocycles. The van der Waals surface area contributed by atoms with Crippen LogP contribution in [-0.4, -0.2) is 42.5 Å². The van der Waals surface area contributed by atoms with E-state index in [-0.39, 0.29) is 24.5 Å². The van der Waals surface area contributed by atoms with Crippen LogP contribution in [0.4, 0.5) is 0 Å². The molecule has 6 heteroatoms. The minimum atomic E-state index is -0.0166. The van der Waals surface area contributed by atoms with Gasteiger partial charge in [0.15, 0.2) is 6.61 Å². The molecule has 1 aromatic carbocycles. The molecule has 0 bridgehead atoms. The van der Waals surface area contributed by atoms with Gasteiger partial charge in [0.1, 0.15) is 5.75 Å². The average Bonchev–Trinajstić information content (AvgIpc) is 2.73. The number of carbonyl (C=O) groups excluding carboxylic acids is 2. The summed E-state index contributed by atoms with van der Waals surface area (Å²) in [6, 6.07) is 7.17. The quantitative estimate of drug-likeness (QED) is 0.738. The number of nitrogens with one attached hydrogen (secondary N) is 1. The van der Waals surface area contributed by atoms with Crippen molar-refractivity contribution in [2.75, 3.05) is 19.7 Å². The fraction of sp³-hybridized carbons (Fsp3) is 0.636. The minimum absolute atomic E-state index is 0.0166. The number of halogens is 1. The zero-order valence-corrected chi connectivity index (χ0v) is 17.3. The predicted octanol–water partition coefficient (Wildman–Crippen LogP) is 4.19. The van der Waals surface area contributed by atoms with E-state index in [1.807, 2.05) is 4.90 Å². The van der Waals surface area contributed by atoms with E-state index in [0.717, 1.165) is 25.2 Å². The molecular weight excluding hydrogens is 376 g/mol. The van der Waals surface area contributed by atoms with Gasteiger partial charge in [0, 0.05) is 30.6 Å². The summed E-state index contributed by atoms with van der Waals surface area (Å²) in [5.74, 6) is 1.52. The number of hydrogen-bond acceptors (Lipinski definition) is 3. The van der Waals surface area contributed by atoms with E-state index in [9.17, 15) is 9.59 Å². The van der Waals surface area contributed by atoms with Gasteiger partial charge in [-0.25, -0.2) is 0 Å². The van der Waals surface area contributed by atoms with Crippen molar-refractivity contribution in [3.63, 3.8) is 0 Å². The number of amides is 2. The summed E-state index contributed by atoms with van der Waals surface area (Å²) in [5.41, 5.74) is 0. The van der Waals surface area contributed by atoms with Gasteiger partial charge in [-0.3, -0.25) is 9.59 Å². The lowest BCUT2D eigenvalue weighted by Crippen LogP contribution is -2.47. The fourth-order valence-corrected chi connectivity index (χ4v) is 4.28. The number of rotatable bonds is 7. The maximum Gasteiger partial charge on any atom is 0.260 e. The maximum absolute atomic E-state index is 12.3. The number of carbonyl (C=O) groups is 2. The second kappa shape index (κ2) is 10.7. The van der Waals surface area contributed by atoms with Gasteiger partial charge in [0.2, 0.25) is 5.91 Å². The molecule has 2 aliphatic rings. The van der Waals surface area contributed by atoms with Crippen molar-refractivity contribution in [2.45, 2.75) is 63.8 Å². The Hall–Kier alpha value is -1.75. The molecule has 154 valence electrons. The molecule has 1 N–H and O–H groups in total. The number of benzene rings is 1. The molecule has 1 saturated carbocycles. The van der Waals surface area contributed by atoms with Gasteiger partial charge in [0.25, 0.3) is 5.91 Å². The van der Waals surface area contributed by atoms with Crippen LogP contribution in [0.3, 0.4) is 0 Å². The van der Waals surface area contributed by atoms with Crippen LogP contribution in [0, 0.1) is 5.92 Å². The van der Waals surface area contributed by atoms with Crippen molar-refractivity contribution in [1.29, 1.82) is 0 Å². The largest absolute Gasteiger partial charge is 0.484 e. The van der Waals surface area contributed by atoms with Crippen molar-refractivity contribution in [1.82, 2.24) is 10.2 Å². The second-order valence-electron chi connectivity index (χ2n) is 8.01. The summed E-state index contributed by atoms with van der Waals surface area (Å²) in [4.78, 5) is 26.4. The Bertz CT molecular complexity index is 636. The summed E-state index contributed by atoms with van der Waals surface area (Å²) < 4.78 is 5.54. The molecule has 2 amide bonds. The SMILES string of the molecule is O=C(CCC1CCCCC1)NC1CCN(C(=O)COc2ccc(Cl)cc2)CC1. The first kappa shape index (κ1) is 21.0. The molecular formula is C22H31ClN2O3. The lowest BCUT2D eigenvalue weighted by atomic mass is 9.86. The summed E-state index contributed by atoms with van der Waals surface area (Å²) in [7, 11) is 0. The third kappa shape index (κ3) is 6.69. The second-order valence-corrected chi connectivity index (χ2v) is 8.44. The van der Waals surface area contributed by atoms with Crippen LogP contribution in [-0.2, 0) is 9.59 Å². The number of likely N-dealkylation sites (tertiary alicyclic amines) is 1. The Labute approximate surface area is 172 Å². The lowest BCUT2D eigenvalue weighted by molar-refractivity contribution is -0.134. The summed E-state index contributed by atoms with van der Waals surface area (Å²) >= 11 is 5.84. The predicted molar refractivity (Wildman–Crippen MR) is 111 cm³/mol. The van der Waals surface area contributed by atoms with Crippen LogP contribution >= 0.6 is 11.6 Å². The normalized spacial score (nSPS) is 18.7. The maximum atomic E-state index is 12.3. The molecule has 2 fully saturated rings. The van der Waals surface area contributed by atoms with Crippen LogP contribution in [0.25, 0.3) is 0 Å². The van der Waals surface area contributed by atoms with E-state index in [0.29, 0.717) is 30.3 Å². The topological polar surface area (TPSA) is 58.6 Å². The molecule has 5 nitrogen and oxygen atoms in total. The molecule has 0 spiro atoms. The Morgan fingerprint density at radius 3 is 2.39 bits per heavy atom. The Morgan fingerprint density at radius 1 is 1.04 bits per heavy atom. The van der Waals surface area contributed by atoms with Gasteiger partial charge < -0.3 is 15.0 Å². The van der Waals surface area contributed by atoms with E-state index in [1.165, 1.54) is 32.1 Å². The summed E-state index contributed by atoms with van der Waals surface area (Å²) in [6.07, 6.45) is 9.83. The van der Waals surface area contributed by atoms with Crippen molar-refractivity contribution in [3.8, 4) is 5.75 Å². The van der Waals surface area contributed by atoms with Crippen molar-refractivity contribution in [3.05, 3.63) is 29.3 Å². The molecule has 28 heavy (non-hydrogen) atoms. The van der Waals surface area contributed by atoms with E-state index in [4.69, 9.17) is 16.3 Å². The summed E-state index contributed by atoms with van der Waals surface area (Å²) in [6.45, 7) is 1.35. The highest BCUT2D eigenvalue weighted by molar-refractivity contribution is 6.30. The van der Waals surface area contributed by atoms with Crippen LogP contribution in [0.2, 0.25) is 5.02 Å². The van der Waals surface area contributed by atoms with Crippen LogP contribution in [0.5, 0.6) is 5.75 Å². The minimum Gasteiger partial charge on any atom is -0.484 e. The number of nitrogens with zero attached hydrogens (tertiary/aromatic N) is 1. The van der Waals surface area contributed by atoms with Crippen LogP contribution < -0.4 is 10.1 Å². The van der Waals surface area contributed by atoms with Gasteiger partial charge in [0.05, 0.1) is 0 Å². The van der Waals surface area contributed by atoms with E-state index in [2.05, 4.69) is 5.32 Å². The molecule has 0 atom stereocenters. The molecule has 0 radical (unpaired) electrons. The Kier molecular flexibility index (Phi) is 8.01. The van der Waals surface area contributed by atoms with Crippen LogP contribution in [0.15, 0.2) is 24.3 Å².